The number of H-pyrrole nitrogens is 1. The zero-order chi connectivity index (χ0) is 85.6. The highest BCUT2D eigenvalue weighted by Crippen LogP contribution is 2.21. The van der Waals surface area contributed by atoms with E-state index in [4.69, 9.17) is 17.2 Å². The molecule has 630 valence electrons. The molecule has 38 nitrogen and oxygen atoms in total. The molecule has 0 aliphatic carbocycles. The number of aromatic amines is 1. The smallest absolute Gasteiger partial charge is 0.305 e. The number of thiol groups is 1. The fraction of sp³-hybridized carbons (Fsp3) is 0.513. The number of anilines is 1. The van der Waals surface area contributed by atoms with E-state index in [1.807, 2.05) is 0 Å². The first kappa shape index (κ1) is 95.6. The number of amides is 14. The highest BCUT2D eigenvalue weighted by molar-refractivity contribution is 7.80. The van der Waals surface area contributed by atoms with Crippen molar-refractivity contribution < 1.29 is 102 Å². The molecule has 0 aliphatic rings. The van der Waals surface area contributed by atoms with Gasteiger partial charge < -0.3 is 112 Å². The molecular weight excluding hydrogens is 1520 g/mol. The van der Waals surface area contributed by atoms with Crippen molar-refractivity contribution in [2.24, 2.45) is 35.0 Å². The average Bonchev–Trinajstić information content (AvgIpc) is 1.78. The topological polar surface area (TPSA) is 621 Å². The lowest BCUT2D eigenvalue weighted by molar-refractivity contribution is -0.141. The molecule has 0 bridgehead atoms. The molecule has 0 fully saturated rings. The van der Waals surface area contributed by atoms with Crippen LogP contribution >= 0.6 is 12.6 Å². The number of carbonyl (C=O) groups is 17. The monoisotopic (exact) mass is 1630 g/mol. The number of aliphatic hydroxyl groups is 1. The van der Waals surface area contributed by atoms with Gasteiger partial charge in [0.2, 0.25) is 76.8 Å². The lowest BCUT2D eigenvalue weighted by Gasteiger charge is -2.28. The van der Waals surface area contributed by atoms with Crippen molar-refractivity contribution >= 4 is 130 Å². The molecule has 1 heterocycles. The summed E-state index contributed by atoms with van der Waals surface area (Å²) in [5.41, 5.74) is 19.2. The number of carboxylic acid groups (broad SMARTS) is 3. The zero-order valence-electron chi connectivity index (χ0n) is 65.0. The number of primary amides is 2. The summed E-state index contributed by atoms with van der Waals surface area (Å²) in [5, 5.41) is 73.0. The van der Waals surface area contributed by atoms with Crippen molar-refractivity contribution in [3.8, 4) is 0 Å². The summed E-state index contributed by atoms with van der Waals surface area (Å²) in [7, 11) is 0. The standard InChI is InChI=1S/C76H109N17O21S/c1-40(2)30-52(65(79)103)83-61(96)38-82-67(105)56(34-45-37-81-48-17-11-10-16-47(45)48)90-75(113)58(36-64(101)102)92-68(106)49(18-12-13-27-77)84-71(109)53(31-41(3)4)87-70(108)51(24-26-63(99)100)85-69(107)50(23-25-62(97)98)86-73(111)55(33-43-14-8-7-9-15-43)89-74(112)57(35-60(78)95)91-72(110)54(32-42(5)6)88-76(114)59(39-94)93-66(104)44-19-21-46(22-20-44)80-28-29-115/h7-11,14-17,19-22,37,40-42,49-59,80-81,94,115H,12-13,18,23-36,38-39,77H2,1-6H3,(H2,78,95)(H2,79,103)(H,82,105)(H,83,96)(H,84,109)(H,85,107)(H,86,111)(H,87,108)(H,88,114)(H,89,112)(H,90,113)(H,91,110)(H,92,106)(H,93,104)(H,97,98)(H,99,100)(H,101,102)/t49-,50-,51-,52-,53-,54-,55-,56-,57-,58-,59-/m0/s1. The molecular formula is C76H109N17O21S. The van der Waals surface area contributed by atoms with Crippen molar-refractivity contribution in [3.05, 3.63) is 102 Å². The quantitative estimate of drug-likeness (QED) is 0.0166. The van der Waals surface area contributed by atoms with E-state index in [1.54, 1.807) is 114 Å². The SMILES string of the molecule is CC(C)C[C@H](NC(=O)CNC(=O)[C@H](Cc1c[nH]c2ccccc12)NC(=O)[C@H](CC(=O)O)NC(=O)[C@H](CCCCN)NC(=O)[C@H](CC(C)C)NC(=O)[C@H](CCC(=O)O)NC(=O)[C@H](CCC(=O)O)NC(=O)[C@H](Cc1ccccc1)NC(=O)[C@H](CC(N)=O)NC(=O)[C@H](CC(C)C)NC(=O)[C@H](CO)NC(=O)c1ccc(NCCS)cc1)C(N)=O. The fourth-order valence-electron chi connectivity index (χ4n) is 11.9. The first-order valence-corrected chi connectivity index (χ1v) is 38.2. The Hall–Kier alpha value is -11.7. The molecule has 3 aromatic carbocycles. The minimum absolute atomic E-state index is 0.0665. The van der Waals surface area contributed by atoms with Crippen LogP contribution in [0.15, 0.2) is 85.1 Å². The van der Waals surface area contributed by atoms with Crippen LogP contribution in [-0.2, 0) is 89.6 Å². The Kier molecular flexibility index (Phi) is 40.8. The summed E-state index contributed by atoms with van der Waals surface area (Å²) in [6.45, 7) is 9.24. The lowest BCUT2D eigenvalue weighted by atomic mass is 10.00. The Bertz CT molecular complexity index is 4010. The molecule has 115 heavy (non-hydrogen) atoms. The predicted molar refractivity (Wildman–Crippen MR) is 422 cm³/mol. The highest BCUT2D eigenvalue weighted by atomic mass is 32.1. The van der Waals surface area contributed by atoms with Crippen LogP contribution in [0.5, 0.6) is 0 Å². The number of aliphatic hydroxyl groups excluding tert-OH is 1. The summed E-state index contributed by atoms with van der Waals surface area (Å²) in [6.07, 6.45) is -4.14. The van der Waals surface area contributed by atoms with Crippen molar-refractivity contribution in [2.45, 2.75) is 198 Å². The number of nitrogens with one attached hydrogen (secondary N) is 14. The number of fused-ring (bicyclic) bond motifs is 1. The Morgan fingerprint density at radius 3 is 1.36 bits per heavy atom. The molecule has 4 aromatic rings. The minimum Gasteiger partial charge on any atom is -0.481 e. The molecule has 4 rings (SSSR count). The number of benzene rings is 3. The second kappa shape index (κ2) is 49.0. The van der Waals surface area contributed by atoms with E-state index in [2.05, 4.69) is 86.7 Å². The van der Waals surface area contributed by atoms with Gasteiger partial charge >= 0.3 is 17.9 Å². The number of rotatable bonds is 53. The van der Waals surface area contributed by atoms with E-state index in [0.29, 0.717) is 40.0 Å². The molecule has 0 spiro atoms. The molecule has 0 aliphatic heterocycles. The van der Waals surface area contributed by atoms with E-state index < -0.39 is 231 Å². The molecule has 0 radical (unpaired) electrons. The van der Waals surface area contributed by atoms with Crippen LogP contribution in [0, 0.1) is 17.8 Å². The van der Waals surface area contributed by atoms with Gasteiger partial charge in [-0.2, -0.15) is 12.6 Å². The van der Waals surface area contributed by atoms with Gasteiger partial charge in [0.15, 0.2) is 0 Å². The molecule has 0 saturated carbocycles. The Balaban J connectivity index is 1.62. The Morgan fingerprint density at radius 2 is 0.878 bits per heavy atom. The number of carbonyl (C=O) groups excluding carboxylic acids is 14. The third kappa shape index (κ3) is 34.6. The number of para-hydroxylation sites is 1. The van der Waals surface area contributed by atoms with Crippen LogP contribution in [-0.4, -0.2) is 224 Å². The van der Waals surface area contributed by atoms with Crippen molar-refractivity contribution in [1.29, 1.82) is 0 Å². The highest BCUT2D eigenvalue weighted by Gasteiger charge is 2.38. The number of unbranched alkanes of at least 4 members (excludes halogenated alkanes) is 1. The summed E-state index contributed by atoms with van der Waals surface area (Å²) in [4.78, 5) is 235. The van der Waals surface area contributed by atoms with Crippen LogP contribution in [0.3, 0.4) is 0 Å². The van der Waals surface area contributed by atoms with Gasteiger partial charge in [-0.15, -0.1) is 0 Å². The second-order valence-electron chi connectivity index (χ2n) is 28.8. The van der Waals surface area contributed by atoms with Gasteiger partial charge in [0.05, 0.1) is 26.0 Å². The van der Waals surface area contributed by atoms with Gasteiger partial charge in [0, 0.05) is 66.3 Å². The summed E-state index contributed by atoms with van der Waals surface area (Å²) in [5.74, 6) is -19.8. The fourth-order valence-corrected chi connectivity index (χ4v) is 12.0. The molecule has 0 saturated heterocycles. The molecule has 1 aromatic heterocycles. The van der Waals surface area contributed by atoms with Crippen LogP contribution < -0.4 is 86.3 Å². The number of hydrogen-bond donors (Lipinski definition) is 22. The molecule has 24 N–H and O–H groups in total. The number of nitrogens with two attached hydrogens (primary N) is 3. The summed E-state index contributed by atoms with van der Waals surface area (Å²) < 4.78 is 0. The van der Waals surface area contributed by atoms with Gasteiger partial charge in [-0.1, -0.05) is 90.1 Å². The number of carboxylic acids is 3. The van der Waals surface area contributed by atoms with Gasteiger partial charge in [-0.25, -0.2) is 0 Å². The largest absolute Gasteiger partial charge is 0.481 e. The van der Waals surface area contributed by atoms with Crippen LogP contribution in [0.4, 0.5) is 5.69 Å². The Labute approximate surface area is 669 Å². The maximum absolute atomic E-state index is 14.7. The van der Waals surface area contributed by atoms with E-state index in [1.165, 1.54) is 12.1 Å². The van der Waals surface area contributed by atoms with Crippen molar-refractivity contribution in [2.75, 3.05) is 37.3 Å². The second-order valence-corrected chi connectivity index (χ2v) is 29.2. The van der Waals surface area contributed by atoms with Gasteiger partial charge in [-0.3, -0.25) is 81.5 Å². The van der Waals surface area contributed by atoms with E-state index in [0.717, 1.165) is 0 Å². The zero-order valence-corrected chi connectivity index (χ0v) is 65.9. The maximum Gasteiger partial charge on any atom is 0.305 e. The summed E-state index contributed by atoms with van der Waals surface area (Å²) in [6, 6.07) is 2.50. The van der Waals surface area contributed by atoms with Gasteiger partial charge in [0.25, 0.3) is 5.91 Å². The lowest BCUT2D eigenvalue weighted by Crippen LogP contribution is -2.61. The maximum atomic E-state index is 14.7. The van der Waals surface area contributed by atoms with Gasteiger partial charge in [-0.05, 0) is 117 Å². The molecule has 11 atom stereocenters. The van der Waals surface area contributed by atoms with E-state index in [9.17, 15) is 102 Å². The molecule has 39 heteroatoms. The van der Waals surface area contributed by atoms with E-state index in [-0.39, 0.29) is 68.9 Å². The first-order chi connectivity index (χ1) is 54.4. The van der Waals surface area contributed by atoms with E-state index >= 15 is 0 Å². The van der Waals surface area contributed by atoms with Crippen molar-refractivity contribution in [3.63, 3.8) is 0 Å². The Morgan fingerprint density at radius 1 is 0.443 bits per heavy atom. The first-order valence-electron chi connectivity index (χ1n) is 37.6. The number of hydrogen-bond acceptors (Lipinski definition) is 21. The molecule has 0 unspecified atom stereocenters. The third-order valence-electron chi connectivity index (χ3n) is 17.7. The predicted octanol–water partition coefficient (Wildman–Crippen LogP) is -2.12. The van der Waals surface area contributed by atoms with Gasteiger partial charge in [0.1, 0.15) is 66.5 Å². The third-order valence-corrected chi connectivity index (χ3v) is 17.9. The molecule has 14 amide bonds. The van der Waals surface area contributed by atoms with Crippen LogP contribution in [0.25, 0.3) is 10.9 Å². The minimum atomic E-state index is -1.97. The average molecular weight is 1630 g/mol. The van der Waals surface area contributed by atoms with Crippen molar-refractivity contribution in [1.82, 2.24) is 68.8 Å². The number of aromatic nitrogens is 1. The van der Waals surface area contributed by atoms with Crippen LogP contribution in [0.1, 0.15) is 140 Å². The normalized spacial score (nSPS) is 14.0. The van der Waals surface area contributed by atoms with Crippen LogP contribution in [0.2, 0.25) is 0 Å². The number of aliphatic carboxylic acids is 3. The summed E-state index contributed by atoms with van der Waals surface area (Å²) >= 11 is 4.16.